The van der Waals surface area contributed by atoms with Crippen LogP contribution in [-0.2, 0) is 17.4 Å². The minimum Gasteiger partial charge on any atom is -0.493 e. The molecule has 174 valence electrons. The molecule has 0 fully saturated rings. The van der Waals surface area contributed by atoms with Crippen molar-refractivity contribution in [3.8, 4) is 17.2 Å². The number of methoxy groups -OCH3 is 2. The average molecular weight is 472 g/mol. The van der Waals surface area contributed by atoms with E-state index in [1.165, 1.54) is 19.2 Å². The summed E-state index contributed by atoms with van der Waals surface area (Å²) >= 11 is 5.75. The van der Waals surface area contributed by atoms with Crippen LogP contribution in [-0.4, -0.2) is 44.1 Å². The summed E-state index contributed by atoms with van der Waals surface area (Å²) < 4.78 is 55.7. The predicted octanol–water partition coefficient (Wildman–Crippen LogP) is 5.25. The van der Waals surface area contributed by atoms with Crippen molar-refractivity contribution in [2.75, 3.05) is 33.3 Å². The number of carbonyl (C=O) groups is 1. The molecule has 9 heteroatoms. The molecule has 2 aromatic rings. The van der Waals surface area contributed by atoms with Gasteiger partial charge in [0.15, 0.2) is 11.5 Å². The molecule has 0 bridgehead atoms. The first-order valence-electron chi connectivity index (χ1n) is 10.2. The number of hydrogen-bond acceptors (Lipinski definition) is 4. The summed E-state index contributed by atoms with van der Waals surface area (Å²) in [6.45, 7) is 0.455. The van der Waals surface area contributed by atoms with E-state index < -0.39 is 17.8 Å². The molecule has 0 aromatic heterocycles. The normalized spacial score (nSPS) is 15.8. The first-order chi connectivity index (χ1) is 15.3. The third-order valence-corrected chi connectivity index (χ3v) is 5.68. The lowest BCUT2D eigenvalue weighted by Crippen LogP contribution is -2.42. The number of ether oxygens (including phenoxy) is 3. The Kier molecular flexibility index (Phi) is 7.77. The summed E-state index contributed by atoms with van der Waals surface area (Å²) in [5.74, 6) is 1.45. The summed E-state index contributed by atoms with van der Waals surface area (Å²) in [5, 5.41) is 0. The first kappa shape index (κ1) is 24.0. The largest absolute Gasteiger partial charge is 0.493 e. The minimum absolute atomic E-state index is 0.00356. The van der Waals surface area contributed by atoms with E-state index in [-0.39, 0.29) is 24.7 Å². The molecule has 1 heterocycles. The second kappa shape index (κ2) is 10.3. The van der Waals surface area contributed by atoms with E-state index in [9.17, 15) is 18.0 Å². The average Bonchev–Trinajstić information content (AvgIpc) is 2.79. The van der Waals surface area contributed by atoms with Crippen LogP contribution in [0.2, 0.25) is 0 Å². The van der Waals surface area contributed by atoms with E-state index in [0.717, 1.165) is 23.3 Å². The van der Waals surface area contributed by atoms with Crippen LogP contribution in [0.4, 0.5) is 13.2 Å². The molecule has 1 amide bonds. The third kappa shape index (κ3) is 5.41. The third-order valence-electron chi connectivity index (χ3n) is 5.42. The number of amides is 1. The number of benzene rings is 2. The second-order valence-electron chi connectivity index (χ2n) is 7.39. The number of rotatable bonds is 8. The van der Waals surface area contributed by atoms with E-state index in [1.807, 2.05) is 6.07 Å². The molecule has 0 spiro atoms. The van der Waals surface area contributed by atoms with Crippen LogP contribution >= 0.6 is 11.6 Å². The van der Waals surface area contributed by atoms with Gasteiger partial charge >= 0.3 is 6.18 Å². The van der Waals surface area contributed by atoms with Gasteiger partial charge in [-0.05, 0) is 54.3 Å². The molecule has 0 saturated carbocycles. The molecule has 1 aliphatic heterocycles. The van der Waals surface area contributed by atoms with E-state index in [0.29, 0.717) is 36.8 Å². The predicted molar refractivity (Wildman–Crippen MR) is 115 cm³/mol. The van der Waals surface area contributed by atoms with Gasteiger partial charge < -0.3 is 19.1 Å². The number of hydrogen-bond donors (Lipinski definition) is 0. The quantitative estimate of drug-likeness (QED) is 0.494. The van der Waals surface area contributed by atoms with Gasteiger partial charge in [-0.3, -0.25) is 4.79 Å². The molecule has 0 aliphatic carbocycles. The summed E-state index contributed by atoms with van der Waals surface area (Å²) in [6, 6.07) is 7.88. The van der Waals surface area contributed by atoms with Crippen molar-refractivity contribution in [1.82, 2.24) is 4.90 Å². The fourth-order valence-corrected chi connectivity index (χ4v) is 3.94. The molecule has 2 aromatic carbocycles. The molecule has 1 unspecified atom stereocenters. The maximum absolute atomic E-state index is 13.1. The number of halogens is 4. The SMILES string of the molecule is COc1cc2c(cc1OC)C(COc1cccc(C(F)(F)F)c1)N(C(=O)CCCCl)CC2. The van der Waals surface area contributed by atoms with Crippen molar-refractivity contribution in [2.45, 2.75) is 31.5 Å². The lowest BCUT2D eigenvalue weighted by Gasteiger charge is -2.37. The van der Waals surface area contributed by atoms with Crippen LogP contribution in [0, 0.1) is 0 Å². The summed E-state index contributed by atoms with van der Waals surface area (Å²) in [7, 11) is 3.06. The second-order valence-corrected chi connectivity index (χ2v) is 7.77. The molecule has 1 aliphatic rings. The Labute approximate surface area is 190 Å². The van der Waals surface area contributed by atoms with Crippen LogP contribution < -0.4 is 14.2 Å². The fourth-order valence-electron chi connectivity index (χ4n) is 3.81. The number of carbonyl (C=O) groups excluding carboxylic acids is 1. The lowest BCUT2D eigenvalue weighted by atomic mass is 9.91. The highest BCUT2D eigenvalue weighted by atomic mass is 35.5. The van der Waals surface area contributed by atoms with Gasteiger partial charge in [0.05, 0.1) is 25.8 Å². The summed E-state index contributed by atoms with van der Waals surface area (Å²) in [6.07, 6.45) is -3.03. The smallest absolute Gasteiger partial charge is 0.416 e. The Morgan fingerprint density at radius 3 is 2.53 bits per heavy atom. The van der Waals surface area contributed by atoms with Crippen molar-refractivity contribution >= 4 is 17.5 Å². The highest BCUT2D eigenvalue weighted by Crippen LogP contribution is 2.39. The van der Waals surface area contributed by atoms with Gasteiger partial charge in [-0.2, -0.15) is 13.2 Å². The molecular formula is C23H25ClF3NO4. The van der Waals surface area contributed by atoms with E-state index in [2.05, 4.69) is 0 Å². The van der Waals surface area contributed by atoms with Gasteiger partial charge in [0.1, 0.15) is 12.4 Å². The minimum atomic E-state index is -4.47. The van der Waals surface area contributed by atoms with Crippen molar-refractivity contribution < 1.29 is 32.2 Å². The molecular weight excluding hydrogens is 447 g/mol. The Hall–Kier alpha value is -2.61. The van der Waals surface area contributed by atoms with E-state index in [1.54, 1.807) is 18.1 Å². The molecule has 32 heavy (non-hydrogen) atoms. The zero-order valence-corrected chi connectivity index (χ0v) is 18.6. The molecule has 0 N–H and O–H groups in total. The monoisotopic (exact) mass is 471 g/mol. The maximum Gasteiger partial charge on any atom is 0.416 e. The van der Waals surface area contributed by atoms with Gasteiger partial charge in [-0.1, -0.05) is 6.07 Å². The summed E-state index contributed by atoms with van der Waals surface area (Å²) in [5.41, 5.74) is 1.00. The van der Waals surface area contributed by atoms with E-state index in [4.69, 9.17) is 25.8 Å². The van der Waals surface area contributed by atoms with Crippen LogP contribution in [0.5, 0.6) is 17.2 Å². The van der Waals surface area contributed by atoms with Gasteiger partial charge in [0.2, 0.25) is 5.91 Å². The number of nitrogens with zero attached hydrogens (tertiary/aromatic N) is 1. The van der Waals surface area contributed by atoms with Crippen molar-refractivity contribution in [1.29, 1.82) is 0 Å². The van der Waals surface area contributed by atoms with Crippen LogP contribution in [0.15, 0.2) is 36.4 Å². The van der Waals surface area contributed by atoms with Gasteiger partial charge in [0.25, 0.3) is 0 Å². The zero-order valence-electron chi connectivity index (χ0n) is 17.9. The highest BCUT2D eigenvalue weighted by molar-refractivity contribution is 6.17. The van der Waals surface area contributed by atoms with Crippen LogP contribution in [0.1, 0.15) is 35.6 Å². The van der Waals surface area contributed by atoms with Crippen molar-refractivity contribution in [2.24, 2.45) is 0 Å². The summed E-state index contributed by atoms with van der Waals surface area (Å²) in [4.78, 5) is 14.6. The van der Waals surface area contributed by atoms with Gasteiger partial charge in [-0.25, -0.2) is 0 Å². The van der Waals surface area contributed by atoms with Gasteiger partial charge in [0, 0.05) is 18.8 Å². The standard InChI is InChI=1S/C23H25ClF3NO4/c1-30-20-11-15-8-10-28(22(29)7-4-9-24)19(18(15)13-21(20)31-2)14-32-17-6-3-5-16(12-17)23(25,26)27/h3,5-6,11-13,19H,4,7-10,14H2,1-2H3. The number of fused-ring (bicyclic) bond motifs is 1. The zero-order chi connectivity index (χ0) is 23.3. The Morgan fingerprint density at radius 1 is 1.16 bits per heavy atom. The lowest BCUT2D eigenvalue weighted by molar-refractivity contribution is -0.137. The molecule has 5 nitrogen and oxygen atoms in total. The first-order valence-corrected chi connectivity index (χ1v) is 10.7. The Bertz CT molecular complexity index is 951. The Morgan fingerprint density at radius 2 is 1.88 bits per heavy atom. The van der Waals surface area contributed by atoms with Crippen molar-refractivity contribution in [3.63, 3.8) is 0 Å². The fraction of sp³-hybridized carbons (Fsp3) is 0.435. The molecule has 0 radical (unpaired) electrons. The molecule has 3 rings (SSSR count). The molecule has 0 saturated heterocycles. The molecule has 1 atom stereocenters. The number of alkyl halides is 4. The Balaban J connectivity index is 1.92. The highest BCUT2D eigenvalue weighted by Gasteiger charge is 2.33. The van der Waals surface area contributed by atoms with Crippen molar-refractivity contribution in [3.05, 3.63) is 53.1 Å². The van der Waals surface area contributed by atoms with E-state index >= 15 is 0 Å². The van der Waals surface area contributed by atoms with Crippen LogP contribution in [0.3, 0.4) is 0 Å². The van der Waals surface area contributed by atoms with Crippen LogP contribution in [0.25, 0.3) is 0 Å². The van der Waals surface area contributed by atoms with Gasteiger partial charge in [-0.15, -0.1) is 11.6 Å². The maximum atomic E-state index is 13.1. The topological polar surface area (TPSA) is 48.0 Å².